The number of halogens is 2. The van der Waals surface area contributed by atoms with E-state index in [0.29, 0.717) is 11.3 Å². The minimum absolute atomic E-state index is 0.177. The summed E-state index contributed by atoms with van der Waals surface area (Å²) < 4.78 is 26.2. The molecule has 0 unspecified atom stereocenters. The molecule has 1 N–H and O–H groups in total. The lowest BCUT2D eigenvalue weighted by Crippen LogP contribution is -2.30. The van der Waals surface area contributed by atoms with Gasteiger partial charge < -0.3 is 10.2 Å². The summed E-state index contributed by atoms with van der Waals surface area (Å²) in [6.45, 7) is 0.177. The van der Waals surface area contributed by atoms with Crippen molar-refractivity contribution in [2.24, 2.45) is 0 Å². The van der Waals surface area contributed by atoms with Gasteiger partial charge in [0, 0.05) is 19.3 Å². The predicted molar refractivity (Wildman–Crippen MR) is 90.8 cm³/mol. The highest BCUT2D eigenvalue weighted by Crippen LogP contribution is 2.19. The van der Waals surface area contributed by atoms with E-state index in [2.05, 4.69) is 5.32 Å². The largest absolute Gasteiger partial charge is 0.323 e. The van der Waals surface area contributed by atoms with Crippen LogP contribution in [0.25, 0.3) is 10.8 Å². The van der Waals surface area contributed by atoms with E-state index < -0.39 is 11.6 Å². The van der Waals surface area contributed by atoms with Gasteiger partial charge in [-0.15, -0.1) is 0 Å². The number of carbonyl (C=O) groups is 1. The van der Waals surface area contributed by atoms with Crippen LogP contribution in [0.2, 0.25) is 0 Å². The Labute approximate surface area is 138 Å². The lowest BCUT2D eigenvalue weighted by molar-refractivity contribution is 0.220. The minimum atomic E-state index is -0.921. The highest BCUT2D eigenvalue weighted by molar-refractivity contribution is 5.93. The average molecular weight is 326 g/mol. The van der Waals surface area contributed by atoms with Crippen LogP contribution >= 0.6 is 0 Å². The first-order chi connectivity index (χ1) is 11.5. The van der Waals surface area contributed by atoms with Crippen molar-refractivity contribution in [3.8, 4) is 0 Å². The van der Waals surface area contributed by atoms with Gasteiger partial charge in [-0.2, -0.15) is 0 Å². The Kier molecular flexibility index (Phi) is 4.42. The maximum absolute atomic E-state index is 13.2. The molecule has 5 heteroatoms. The molecule has 0 aliphatic heterocycles. The van der Waals surface area contributed by atoms with Crippen LogP contribution in [0.1, 0.15) is 5.56 Å². The Hall–Kier alpha value is -2.95. The zero-order valence-corrected chi connectivity index (χ0v) is 13.1. The predicted octanol–water partition coefficient (Wildman–Crippen LogP) is 4.78. The molecule has 3 rings (SSSR count). The summed E-state index contributed by atoms with van der Waals surface area (Å²) in [6, 6.07) is 16.8. The molecule has 0 bridgehead atoms. The molecule has 24 heavy (non-hydrogen) atoms. The van der Waals surface area contributed by atoms with Crippen LogP contribution in [0.4, 0.5) is 19.3 Å². The average Bonchev–Trinajstić information content (AvgIpc) is 2.58. The van der Waals surface area contributed by atoms with Gasteiger partial charge in [0.25, 0.3) is 0 Å². The maximum atomic E-state index is 13.2. The van der Waals surface area contributed by atoms with Gasteiger partial charge in [0.1, 0.15) is 0 Å². The van der Waals surface area contributed by atoms with Gasteiger partial charge in [-0.3, -0.25) is 0 Å². The molecular weight excluding hydrogens is 310 g/mol. The van der Waals surface area contributed by atoms with Crippen LogP contribution in [0, 0.1) is 11.6 Å². The van der Waals surface area contributed by atoms with Crippen molar-refractivity contribution in [1.82, 2.24) is 4.90 Å². The van der Waals surface area contributed by atoms with Crippen LogP contribution in [-0.2, 0) is 6.54 Å². The van der Waals surface area contributed by atoms with Gasteiger partial charge in [-0.25, -0.2) is 13.6 Å². The second-order valence-electron chi connectivity index (χ2n) is 5.60. The Balaban J connectivity index is 1.69. The van der Waals surface area contributed by atoms with Crippen molar-refractivity contribution in [3.63, 3.8) is 0 Å². The molecule has 0 saturated heterocycles. The van der Waals surface area contributed by atoms with Gasteiger partial charge in [0.2, 0.25) is 0 Å². The molecule has 3 aromatic carbocycles. The summed E-state index contributed by atoms with van der Waals surface area (Å²) in [6.07, 6.45) is 0. The van der Waals surface area contributed by atoms with Crippen molar-refractivity contribution in [1.29, 1.82) is 0 Å². The third-order valence-electron chi connectivity index (χ3n) is 3.75. The number of amides is 2. The summed E-state index contributed by atoms with van der Waals surface area (Å²) in [7, 11) is 1.59. The second kappa shape index (κ2) is 6.66. The molecule has 2 amide bonds. The zero-order valence-electron chi connectivity index (χ0n) is 13.1. The van der Waals surface area contributed by atoms with Crippen LogP contribution in [0.5, 0.6) is 0 Å². The van der Waals surface area contributed by atoms with Crippen molar-refractivity contribution >= 4 is 22.5 Å². The standard InChI is InChI=1S/C19H16F2N2O/c1-23(12-13-6-9-17(20)18(21)10-13)19(24)22-16-8-7-14-4-2-3-5-15(14)11-16/h2-11H,12H2,1H3,(H,22,24). The molecule has 0 spiro atoms. The van der Waals surface area contributed by atoms with E-state index in [0.717, 1.165) is 22.9 Å². The molecule has 0 atom stereocenters. The van der Waals surface area contributed by atoms with E-state index >= 15 is 0 Å². The van der Waals surface area contributed by atoms with E-state index in [1.165, 1.54) is 11.0 Å². The number of nitrogens with one attached hydrogen (secondary N) is 1. The number of rotatable bonds is 3. The van der Waals surface area contributed by atoms with Crippen molar-refractivity contribution in [2.75, 3.05) is 12.4 Å². The molecule has 0 saturated carbocycles. The lowest BCUT2D eigenvalue weighted by Gasteiger charge is -2.18. The van der Waals surface area contributed by atoms with E-state index in [-0.39, 0.29) is 12.6 Å². The number of fused-ring (bicyclic) bond motifs is 1. The number of urea groups is 1. The summed E-state index contributed by atoms with van der Waals surface area (Å²) in [5.74, 6) is -1.82. The summed E-state index contributed by atoms with van der Waals surface area (Å²) >= 11 is 0. The zero-order chi connectivity index (χ0) is 17.1. The summed E-state index contributed by atoms with van der Waals surface area (Å²) in [5.41, 5.74) is 1.20. The first-order valence-electron chi connectivity index (χ1n) is 7.48. The third kappa shape index (κ3) is 3.51. The van der Waals surface area contributed by atoms with Gasteiger partial charge in [-0.1, -0.05) is 36.4 Å². The molecule has 122 valence electrons. The van der Waals surface area contributed by atoms with Crippen molar-refractivity contribution in [3.05, 3.63) is 77.9 Å². The van der Waals surface area contributed by atoms with E-state index in [4.69, 9.17) is 0 Å². The molecule has 0 aliphatic carbocycles. The first kappa shape index (κ1) is 15.9. The second-order valence-corrected chi connectivity index (χ2v) is 5.60. The van der Waals surface area contributed by atoms with Crippen LogP contribution in [0.15, 0.2) is 60.7 Å². The smallest absolute Gasteiger partial charge is 0.321 e. The number of hydrogen-bond acceptors (Lipinski definition) is 1. The quantitative estimate of drug-likeness (QED) is 0.738. The fourth-order valence-corrected chi connectivity index (χ4v) is 2.47. The van der Waals surface area contributed by atoms with Gasteiger partial charge in [0.15, 0.2) is 11.6 Å². The van der Waals surface area contributed by atoms with Crippen molar-refractivity contribution in [2.45, 2.75) is 6.54 Å². The number of nitrogens with zero attached hydrogens (tertiary/aromatic N) is 1. The van der Waals surface area contributed by atoms with E-state index in [1.54, 1.807) is 7.05 Å². The van der Waals surface area contributed by atoms with Crippen molar-refractivity contribution < 1.29 is 13.6 Å². The lowest BCUT2D eigenvalue weighted by atomic mass is 10.1. The maximum Gasteiger partial charge on any atom is 0.321 e. The molecule has 0 aliphatic rings. The third-order valence-corrected chi connectivity index (χ3v) is 3.75. The molecule has 0 aromatic heterocycles. The Bertz CT molecular complexity index is 895. The first-order valence-corrected chi connectivity index (χ1v) is 7.48. The summed E-state index contributed by atoms with van der Waals surface area (Å²) in [4.78, 5) is 13.7. The molecule has 0 heterocycles. The number of benzene rings is 3. The van der Waals surface area contributed by atoms with Crippen LogP contribution in [-0.4, -0.2) is 18.0 Å². The fourth-order valence-electron chi connectivity index (χ4n) is 2.47. The topological polar surface area (TPSA) is 32.3 Å². The molecule has 3 aromatic rings. The monoisotopic (exact) mass is 326 g/mol. The Morgan fingerprint density at radius 3 is 2.46 bits per heavy atom. The highest BCUT2D eigenvalue weighted by atomic mass is 19.2. The molecule has 3 nitrogen and oxygen atoms in total. The summed E-state index contributed by atoms with van der Waals surface area (Å²) in [5, 5.41) is 4.91. The van der Waals surface area contributed by atoms with E-state index in [9.17, 15) is 13.6 Å². The SMILES string of the molecule is CN(Cc1ccc(F)c(F)c1)C(=O)Nc1ccc2ccccc2c1. The van der Waals surface area contributed by atoms with Gasteiger partial charge >= 0.3 is 6.03 Å². The number of hydrogen-bond donors (Lipinski definition) is 1. The molecule has 0 fully saturated rings. The van der Waals surface area contributed by atoms with Gasteiger partial charge in [0.05, 0.1) is 0 Å². The fraction of sp³-hybridized carbons (Fsp3) is 0.105. The van der Waals surface area contributed by atoms with E-state index in [1.807, 2.05) is 42.5 Å². The van der Waals surface area contributed by atoms with Crippen LogP contribution < -0.4 is 5.32 Å². The Morgan fingerprint density at radius 2 is 1.71 bits per heavy atom. The number of carbonyl (C=O) groups excluding carboxylic acids is 1. The minimum Gasteiger partial charge on any atom is -0.323 e. The van der Waals surface area contributed by atoms with Gasteiger partial charge in [-0.05, 0) is 40.6 Å². The molecular formula is C19H16F2N2O. The Morgan fingerprint density at radius 1 is 0.958 bits per heavy atom. The normalized spacial score (nSPS) is 10.6. The van der Waals surface area contributed by atoms with Crippen LogP contribution in [0.3, 0.4) is 0 Å². The highest BCUT2D eigenvalue weighted by Gasteiger charge is 2.11. The number of anilines is 1. The molecule has 0 radical (unpaired) electrons.